The molecular weight excluding hydrogens is 544 g/mol. The molecule has 212 valence electrons. The number of anilines is 1. The number of nitrogens with zero attached hydrogens (tertiary/aromatic N) is 5. The second-order valence-corrected chi connectivity index (χ2v) is 10.9. The van der Waals surface area contributed by atoms with Gasteiger partial charge in [-0.05, 0) is 65.9 Å². The Hall–Kier alpha value is -4.45. The third-order valence-corrected chi connectivity index (χ3v) is 8.10. The van der Waals surface area contributed by atoms with Crippen LogP contribution in [0.5, 0.6) is 17.2 Å². The number of hydrogen-bond acceptors (Lipinski definition) is 9. The Morgan fingerprint density at radius 1 is 1.10 bits per heavy atom. The molecule has 1 atom stereocenters. The van der Waals surface area contributed by atoms with Crippen LogP contribution in [0.2, 0.25) is 0 Å². The van der Waals surface area contributed by atoms with Crippen LogP contribution in [0.1, 0.15) is 36.6 Å². The third kappa shape index (κ3) is 5.87. The Morgan fingerprint density at radius 3 is 2.61 bits per heavy atom. The van der Waals surface area contributed by atoms with Crippen LogP contribution in [0, 0.1) is 0 Å². The van der Waals surface area contributed by atoms with Crippen LogP contribution in [0.3, 0.4) is 0 Å². The largest absolute Gasteiger partial charge is 0.497 e. The summed E-state index contributed by atoms with van der Waals surface area (Å²) in [4.78, 5) is 31.5. The van der Waals surface area contributed by atoms with Crippen LogP contribution in [0.15, 0.2) is 60.0 Å². The van der Waals surface area contributed by atoms with E-state index in [4.69, 9.17) is 14.2 Å². The zero-order valence-electron chi connectivity index (χ0n) is 22.6. The smallest absolute Gasteiger partial charge is 0.251 e. The average Bonchev–Trinajstić information content (AvgIpc) is 3.80. The molecule has 1 aliphatic heterocycles. The number of ether oxygens (including phenoxy) is 3. The van der Waals surface area contributed by atoms with Crippen molar-refractivity contribution in [1.82, 2.24) is 25.5 Å². The van der Waals surface area contributed by atoms with Crippen LogP contribution in [-0.2, 0) is 16.1 Å². The molecule has 1 saturated carbocycles. The molecule has 2 amide bonds. The first kappa shape index (κ1) is 26.8. The molecule has 0 unspecified atom stereocenters. The molecule has 4 aromatic rings. The van der Waals surface area contributed by atoms with E-state index >= 15 is 0 Å². The number of carbonyl (C=O) groups excluding carboxylic acids is 2. The van der Waals surface area contributed by atoms with Crippen LogP contribution in [0.25, 0.3) is 11.4 Å². The zero-order chi connectivity index (χ0) is 28.2. The minimum Gasteiger partial charge on any atom is -0.497 e. The van der Waals surface area contributed by atoms with Gasteiger partial charge in [0.1, 0.15) is 31.5 Å². The van der Waals surface area contributed by atoms with Crippen molar-refractivity contribution >= 4 is 28.8 Å². The SMILES string of the molecule is COc1ccc(-c2nnn(CC(=O)N(c3ccc4c(c3)OCCO4)[C@H](C(=O)NC3CCCC3)c3cccs3)n2)cc1. The van der Waals surface area contributed by atoms with E-state index in [1.54, 1.807) is 37.4 Å². The van der Waals surface area contributed by atoms with Gasteiger partial charge in [0.2, 0.25) is 11.7 Å². The van der Waals surface area contributed by atoms with E-state index in [1.165, 1.54) is 21.0 Å². The maximum absolute atomic E-state index is 14.1. The van der Waals surface area contributed by atoms with E-state index in [2.05, 4.69) is 20.7 Å². The number of hydrogen-bond donors (Lipinski definition) is 1. The Morgan fingerprint density at radius 2 is 1.88 bits per heavy atom. The van der Waals surface area contributed by atoms with Crippen molar-refractivity contribution in [3.8, 4) is 28.6 Å². The Balaban J connectivity index is 1.33. The first-order chi connectivity index (χ1) is 20.1. The second-order valence-electron chi connectivity index (χ2n) is 9.87. The number of methoxy groups -OCH3 is 1. The van der Waals surface area contributed by atoms with E-state index in [0.717, 1.165) is 36.1 Å². The summed E-state index contributed by atoms with van der Waals surface area (Å²) in [7, 11) is 1.60. The lowest BCUT2D eigenvalue weighted by Gasteiger charge is -2.32. The van der Waals surface area contributed by atoms with Gasteiger partial charge in [-0.3, -0.25) is 14.5 Å². The molecule has 11 nitrogen and oxygen atoms in total. The molecular formula is C29H30N6O5S. The van der Waals surface area contributed by atoms with Crippen molar-refractivity contribution in [2.75, 3.05) is 25.2 Å². The fourth-order valence-electron chi connectivity index (χ4n) is 5.15. The summed E-state index contributed by atoms with van der Waals surface area (Å²) < 4.78 is 16.7. The summed E-state index contributed by atoms with van der Waals surface area (Å²) in [5, 5.41) is 17.8. The van der Waals surface area contributed by atoms with Crippen LogP contribution in [0.4, 0.5) is 5.69 Å². The van der Waals surface area contributed by atoms with E-state index in [1.807, 2.05) is 29.6 Å². The average molecular weight is 575 g/mol. The van der Waals surface area contributed by atoms with Gasteiger partial charge < -0.3 is 19.5 Å². The van der Waals surface area contributed by atoms with Gasteiger partial charge in [0.05, 0.1) is 7.11 Å². The van der Waals surface area contributed by atoms with Gasteiger partial charge in [-0.25, -0.2) is 0 Å². The predicted molar refractivity (Wildman–Crippen MR) is 152 cm³/mol. The molecule has 41 heavy (non-hydrogen) atoms. The molecule has 12 heteroatoms. The highest BCUT2D eigenvalue weighted by Gasteiger charge is 2.36. The van der Waals surface area contributed by atoms with Gasteiger partial charge in [0.25, 0.3) is 5.91 Å². The number of rotatable bonds is 9. The van der Waals surface area contributed by atoms with Crippen molar-refractivity contribution in [2.24, 2.45) is 0 Å². The minimum absolute atomic E-state index is 0.0891. The fraction of sp³-hybridized carbons (Fsp3) is 0.345. The molecule has 2 aromatic heterocycles. The normalized spacial score (nSPS) is 15.3. The summed E-state index contributed by atoms with van der Waals surface area (Å²) in [5.41, 5.74) is 1.25. The monoisotopic (exact) mass is 574 g/mol. The van der Waals surface area contributed by atoms with Gasteiger partial charge >= 0.3 is 0 Å². The quantitative estimate of drug-likeness (QED) is 0.318. The second kappa shape index (κ2) is 12.0. The minimum atomic E-state index is -0.893. The van der Waals surface area contributed by atoms with Gasteiger partial charge in [-0.15, -0.1) is 21.5 Å². The highest BCUT2D eigenvalue weighted by Crippen LogP contribution is 2.38. The maximum atomic E-state index is 14.1. The lowest BCUT2D eigenvalue weighted by Crippen LogP contribution is -2.47. The zero-order valence-corrected chi connectivity index (χ0v) is 23.4. The summed E-state index contributed by atoms with van der Waals surface area (Å²) in [5.74, 6) is 1.60. The maximum Gasteiger partial charge on any atom is 0.251 e. The fourth-order valence-corrected chi connectivity index (χ4v) is 5.97. The van der Waals surface area contributed by atoms with Crippen molar-refractivity contribution in [2.45, 2.75) is 44.3 Å². The van der Waals surface area contributed by atoms with Crippen LogP contribution < -0.4 is 24.4 Å². The number of fused-ring (bicyclic) bond motifs is 1. The molecule has 1 N–H and O–H groups in total. The summed E-state index contributed by atoms with van der Waals surface area (Å²) in [6.45, 7) is 0.624. The van der Waals surface area contributed by atoms with E-state index in [9.17, 15) is 9.59 Å². The number of nitrogens with one attached hydrogen (secondary N) is 1. The number of benzene rings is 2. The molecule has 1 aliphatic carbocycles. The first-order valence-corrected chi connectivity index (χ1v) is 14.4. The highest BCUT2D eigenvalue weighted by atomic mass is 32.1. The van der Waals surface area contributed by atoms with E-state index in [-0.39, 0.29) is 24.4 Å². The summed E-state index contributed by atoms with van der Waals surface area (Å²) in [6, 6.07) is 15.5. The molecule has 2 aliphatic rings. The predicted octanol–water partition coefficient (Wildman–Crippen LogP) is 4.01. The van der Waals surface area contributed by atoms with Crippen molar-refractivity contribution in [3.05, 3.63) is 64.9 Å². The van der Waals surface area contributed by atoms with Gasteiger partial charge in [0, 0.05) is 28.2 Å². The molecule has 6 rings (SSSR count). The molecule has 0 saturated heterocycles. The molecule has 0 bridgehead atoms. The van der Waals surface area contributed by atoms with Crippen molar-refractivity contribution in [3.63, 3.8) is 0 Å². The molecule has 0 spiro atoms. The first-order valence-electron chi connectivity index (χ1n) is 13.6. The number of thiophene rings is 1. The number of aromatic nitrogens is 4. The van der Waals surface area contributed by atoms with Crippen molar-refractivity contribution in [1.29, 1.82) is 0 Å². The Kier molecular flexibility index (Phi) is 7.81. The van der Waals surface area contributed by atoms with E-state index < -0.39 is 6.04 Å². The van der Waals surface area contributed by atoms with Crippen molar-refractivity contribution < 1.29 is 23.8 Å². The summed E-state index contributed by atoms with van der Waals surface area (Å²) >= 11 is 1.43. The molecule has 1 fully saturated rings. The van der Waals surface area contributed by atoms with E-state index in [0.29, 0.717) is 42.0 Å². The van der Waals surface area contributed by atoms with Gasteiger partial charge in [-0.2, -0.15) is 4.80 Å². The Bertz CT molecular complexity index is 1500. The number of carbonyl (C=O) groups is 2. The topological polar surface area (TPSA) is 121 Å². The number of tetrazole rings is 1. The lowest BCUT2D eigenvalue weighted by atomic mass is 10.1. The van der Waals surface area contributed by atoms with Crippen LogP contribution in [-0.4, -0.2) is 58.4 Å². The number of amides is 2. The Labute approximate surface area is 241 Å². The molecule has 0 radical (unpaired) electrons. The lowest BCUT2D eigenvalue weighted by molar-refractivity contribution is -0.127. The van der Waals surface area contributed by atoms with Gasteiger partial charge in [0.15, 0.2) is 11.5 Å². The standard InChI is InChI=1S/C29H30N6O5S/c1-38-22-11-8-19(9-12-22)28-31-33-34(32-28)18-26(36)35(21-10-13-23-24(17-21)40-15-14-39-23)27(25-7-4-16-41-25)29(37)30-20-5-2-3-6-20/h4,7-13,16-17,20,27H,2-3,5-6,14-15,18H2,1H3,(H,30,37)/t27-/m0/s1. The molecule has 2 aromatic carbocycles. The highest BCUT2D eigenvalue weighted by molar-refractivity contribution is 7.10. The van der Waals surface area contributed by atoms with Crippen LogP contribution >= 0.6 is 11.3 Å². The third-order valence-electron chi connectivity index (χ3n) is 7.17. The summed E-state index contributed by atoms with van der Waals surface area (Å²) in [6.07, 6.45) is 4.01. The van der Waals surface area contributed by atoms with Gasteiger partial charge in [-0.1, -0.05) is 18.9 Å². The molecule has 3 heterocycles.